The molecule has 0 bridgehead atoms. The highest BCUT2D eigenvalue weighted by Crippen LogP contribution is 2.15. The predicted octanol–water partition coefficient (Wildman–Crippen LogP) is 1.59. The molecule has 1 heterocycles. The van der Waals surface area contributed by atoms with Crippen molar-refractivity contribution in [1.29, 1.82) is 0 Å². The fraction of sp³-hybridized carbons (Fsp3) is 0.800. The standard InChI is InChI=1S/C10H20N2/c1-9-5-7-12(8-6-11-9)10(2,3)4/h11H,1,5-8H2,2-4H3. The molecule has 0 spiro atoms. The lowest BCUT2D eigenvalue weighted by Gasteiger charge is -2.34. The molecule has 1 rings (SSSR count). The first-order chi connectivity index (χ1) is 5.50. The Bertz CT molecular complexity index is 167. The zero-order chi connectivity index (χ0) is 9.19. The Labute approximate surface area is 75.6 Å². The molecule has 12 heavy (non-hydrogen) atoms. The summed E-state index contributed by atoms with van der Waals surface area (Å²) in [6.45, 7) is 14.0. The van der Waals surface area contributed by atoms with Crippen LogP contribution in [0.3, 0.4) is 0 Å². The van der Waals surface area contributed by atoms with E-state index in [1.807, 2.05) is 0 Å². The first-order valence-electron chi connectivity index (χ1n) is 4.67. The average molecular weight is 168 g/mol. The maximum Gasteiger partial charge on any atom is 0.0271 e. The van der Waals surface area contributed by atoms with Crippen LogP contribution in [-0.4, -0.2) is 30.1 Å². The van der Waals surface area contributed by atoms with Crippen LogP contribution in [0.25, 0.3) is 0 Å². The predicted molar refractivity (Wildman–Crippen MR) is 53.1 cm³/mol. The van der Waals surface area contributed by atoms with Gasteiger partial charge in [0.1, 0.15) is 0 Å². The lowest BCUT2D eigenvalue weighted by atomic mass is 10.1. The molecule has 0 aromatic heterocycles. The number of hydrogen-bond acceptors (Lipinski definition) is 2. The molecule has 1 aliphatic rings. The van der Waals surface area contributed by atoms with Crippen LogP contribution in [0.1, 0.15) is 27.2 Å². The van der Waals surface area contributed by atoms with Crippen molar-refractivity contribution in [2.45, 2.75) is 32.7 Å². The lowest BCUT2D eigenvalue weighted by Crippen LogP contribution is -2.43. The molecule has 0 aromatic carbocycles. The van der Waals surface area contributed by atoms with Crippen LogP contribution in [0, 0.1) is 0 Å². The summed E-state index contributed by atoms with van der Waals surface area (Å²) in [7, 11) is 0. The maximum atomic E-state index is 3.95. The third-order valence-electron chi connectivity index (χ3n) is 2.39. The minimum atomic E-state index is 0.298. The van der Waals surface area contributed by atoms with Gasteiger partial charge in [-0.1, -0.05) is 6.58 Å². The fourth-order valence-electron chi connectivity index (χ4n) is 1.51. The highest BCUT2D eigenvalue weighted by Gasteiger charge is 2.21. The van der Waals surface area contributed by atoms with Crippen LogP contribution < -0.4 is 5.32 Å². The molecule has 0 saturated carbocycles. The molecule has 0 amide bonds. The van der Waals surface area contributed by atoms with Gasteiger partial charge in [0.05, 0.1) is 0 Å². The minimum absolute atomic E-state index is 0.298. The SMILES string of the molecule is C=C1CCN(C(C)(C)C)CCN1. The number of nitrogens with one attached hydrogen (secondary N) is 1. The van der Waals surface area contributed by atoms with E-state index in [2.05, 4.69) is 37.6 Å². The molecule has 2 heteroatoms. The third kappa shape index (κ3) is 2.52. The van der Waals surface area contributed by atoms with Gasteiger partial charge in [0.2, 0.25) is 0 Å². The highest BCUT2D eigenvalue weighted by molar-refractivity contribution is 4.95. The summed E-state index contributed by atoms with van der Waals surface area (Å²) < 4.78 is 0. The molecule has 1 fully saturated rings. The topological polar surface area (TPSA) is 15.3 Å². The van der Waals surface area contributed by atoms with Crippen LogP contribution in [0.4, 0.5) is 0 Å². The zero-order valence-corrected chi connectivity index (χ0v) is 8.48. The number of hydrogen-bond donors (Lipinski definition) is 1. The molecule has 1 N–H and O–H groups in total. The molecule has 0 aromatic rings. The Balaban J connectivity index is 2.52. The molecule has 1 aliphatic heterocycles. The van der Waals surface area contributed by atoms with Crippen LogP contribution in [0.15, 0.2) is 12.3 Å². The first-order valence-corrected chi connectivity index (χ1v) is 4.67. The van der Waals surface area contributed by atoms with Gasteiger partial charge in [-0.3, -0.25) is 4.90 Å². The second-order valence-electron chi connectivity index (χ2n) is 4.44. The molecular weight excluding hydrogens is 148 g/mol. The highest BCUT2D eigenvalue weighted by atomic mass is 15.2. The van der Waals surface area contributed by atoms with Gasteiger partial charge in [0, 0.05) is 30.9 Å². The van der Waals surface area contributed by atoms with Crippen LogP contribution in [0.5, 0.6) is 0 Å². The van der Waals surface area contributed by atoms with Crippen molar-refractivity contribution in [2.75, 3.05) is 19.6 Å². The normalized spacial score (nSPS) is 21.8. The molecular formula is C10H20N2. The monoisotopic (exact) mass is 168 g/mol. The van der Waals surface area contributed by atoms with E-state index in [4.69, 9.17) is 0 Å². The smallest absolute Gasteiger partial charge is 0.0271 e. The molecule has 0 aliphatic carbocycles. The second kappa shape index (κ2) is 3.48. The summed E-state index contributed by atoms with van der Waals surface area (Å²) in [5, 5.41) is 3.31. The van der Waals surface area contributed by atoms with Crippen LogP contribution in [-0.2, 0) is 0 Å². The van der Waals surface area contributed by atoms with Crippen LogP contribution in [0.2, 0.25) is 0 Å². The van der Waals surface area contributed by atoms with Gasteiger partial charge in [-0.05, 0) is 27.2 Å². The maximum absolute atomic E-state index is 3.95. The van der Waals surface area contributed by atoms with E-state index in [1.165, 1.54) is 5.70 Å². The summed E-state index contributed by atoms with van der Waals surface area (Å²) in [5.41, 5.74) is 1.48. The molecule has 70 valence electrons. The zero-order valence-electron chi connectivity index (χ0n) is 8.48. The summed E-state index contributed by atoms with van der Waals surface area (Å²) in [4.78, 5) is 2.50. The second-order valence-corrected chi connectivity index (χ2v) is 4.44. The van der Waals surface area contributed by atoms with E-state index >= 15 is 0 Å². The van der Waals surface area contributed by atoms with Crippen molar-refractivity contribution in [3.05, 3.63) is 12.3 Å². The Morgan fingerprint density at radius 2 is 2.00 bits per heavy atom. The summed E-state index contributed by atoms with van der Waals surface area (Å²) in [6, 6.07) is 0. The molecule has 0 radical (unpaired) electrons. The number of rotatable bonds is 0. The average Bonchev–Trinajstić information content (AvgIpc) is 2.11. The van der Waals surface area contributed by atoms with Crippen molar-refractivity contribution in [2.24, 2.45) is 0 Å². The van der Waals surface area contributed by atoms with Crippen LogP contribution >= 0.6 is 0 Å². The summed E-state index contributed by atoms with van der Waals surface area (Å²) >= 11 is 0. The Hall–Kier alpha value is -0.500. The van der Waals surface area contributed by atoms with Gasteiger partial charge in [0.25, 0.3) is 0 Å². The van der Waals surface area contributed by atoms with Crippen molar-refractivity contribution in [3.63, 3.8) is 0 Å². The van der Waals surface area contributed by atoms with Gasteiger partial charge in [-0.2, -0.15) is 0 Å². The van der Waals surface area contributed by atoms with E-state index in [0.717, 1.165) is 26.1 Å². The van der Waals surface area contributed by atoms with E-state index in [1.54, 1.807) is 0 Å². The molecule has 0 atom stereocenters. The molecule has 1 saturated heterocycles. The molecule has 0 unspecified atom stereocenters. The van der Waals surface area contributed by atoms with Crippen molar-refractivity contribution < 1.29 is 0 Å². The fourth-order valence-corrected chi connectivity index (χ4v) is 1.51. The van der Waals surface area contributed by atoms with E-state index in [-0.39, 0.29) is 0 Å². The van der Waals surface area contributed by atoms with Crippen molar-refractivity contribution >= 4 is 0 Å². The Morgan fingerprint density at radius 1 is 1.33 bits per heavy atom. The number of nitrogens with zero attached hydrogens (tertiary/aromatic N) is 1. The third-order valence-corrected chi connectivity index (χ3v) is 2.39. The van der Waals surface area contributed by atoms with E-state index in [9.17, 15) is 0 Å². The summed E-state index contributed by atoms with van der Waals surface area (Å²) in [5.74, 6) is 0. The quantitative estimate of drug-likeness (QED) is 0.591. The van der Waals surface area contributed by atoms with E-state index < -0.39 is 0 Å². The summed E-state index contributed by atoms with van der Waals surface area (Å²) in [6.07, 6.45) is 1.08. The van der Waals surface area contributed by atoms with Crippen molar-refractivity contribution in [1.82, 2.24) is 10.2 Å². The minimum Gasteiger partial charge on any atom is -0.387 e. The lowest BCUT2D eigenvalue weighted by molar-refractivity contribution is 0.148. The van der Waals surface area contributed by atoms with Gasteiger partial charge in [-0.25, -0.2) is 0 Å². The Kier molecular flexibility index (Phi) is 2.78. The Morgan fingerprint density at radius 3 is 2.58 bits per heavy atom. The van der Waals surface area contributed by atoms with Gasteiger partial charge in [-0.15, -0.1) is 0 Å². The largest absolute Gasteiger partial charge is 0.387 e. The molecule has 2 nitrogen and oxygen atoms in total. The van der Waals surface area contributed by atoms with Gasteiger partial charge in [0.15, 0.2) is 0 Å². The first kappa shape index (κ1) is 9.59. The van der Waals surface area contributed by atoms with Crippen molar-refractivity contribution in [3.8, 4) is 0 Å². The van der Waals surface area contributed by atoms with Gasteiger partial charge < -0.3 is 5.32 Å². The van der Waals surface area contributed by atoms with E-state index in [0.29, 0.717) is 5.54 Å². The van der Waals surface area contributed by atoms with Gasteiger partial charge >= 0.3 is 0 Å².